The number of hydrogen-bond donors (Lipinski definition) is 3. The molecule has 0 saturated carbocycles. The number of phenolic OH excluding ortho intramolecular Hbond substituents is 2. The second-order valence-electron chi connectivity index (χ2n) is 4.66. The molecule has 0 radical (unpaired) electrons. The molecule has 3 N–H and O–H groups in total. The summed E-state index contributed by atoms with van der Waals surface area (Å²) in [6.07, 6.45) is 1.53. The molecule has 0 unspecified atom stereocenters. The Labute approximate surface area is 141 Å². The molecule has 3 rings (SSSR count). The number of thiazole rings is 1. The quantitative estimate of drug-likeness (QED) is 0.374. The van der Waals surface area contributed by atoms with Crippen molar-refractivity contribution in [2.24, 2.45) is 5.10 Å². The number of hydrogen-bond acceptors (Lipinski definition) is 6. The molecule has 0 spiro atoms. The van der Waals surface area contributed by atoms with E-state index in [4.69, 9.17) is 11.6 Å². The van der Waals surface area contributed by atoms with Crippen LogP contribution in [0.4, 0.5) is 5.13 Å². The van der Waals surface area contributed by atoms with Crippen molar-refractivity contribution in [3.8, 4) is 22.8 Å². The van der Waals surface area contributed by atoms with E-state index in [1.54, 1.807) is 6.07 Å². The summed E-state index contributed by atoms with van der Waals surface area (Å²) in [7, 11) is 0. The van der Waals surface area contributed by atoms with Gasteiger partial charge in [-0.2, -0.15) is 5.10 Å². The largest absolute Gasteiger partial charge is 0.504 e. The Morgan fingerprint density at radius 1 is 1.09 bits per heavy atom. The second kappa shape index (κ2) is 6.68. The van der Waals surface area contributed by atoms with Gasteiger partial charge >= 0.3 is 0 Å². The van der Waals surface area contributed by atoms with Crippen LogP contribution in [0.25, 0.3) is 11.3 Å². The van der Waals surface area contributed by atoms with Crippen molar-refractivity contribution in [2.45, 2.75) is 0 Å². The smallest absolute Gasteiger partial charge is 0.203 e. The van der Waals surface area contributed by atoms with E-state index in [2.05, 4.69) is 15.5 Å². The number of nitrogens with zero attached hydrogens (tertiary/aromatic N) is 2. The Bertz CT molecular complexity index is 847. The highest BCUT2D eigenvalue weighted by atomic mass is 35.5. The number of benzene rings is 2. The SMILES string of the molecule is Oc1ccc(/C=N\Nc2nc(-c3ccc(Cl)cc3)cs2)cc1O. The lowest BCUT2D eigenvalue weighted by Gasteiger charge is -1.98. The number of nitrogens with one attached hydrogen (secondary N) is 1. The van der Waals surface area contributed by atoms with Gasteiger partial charge in [0.1, 0.15) is 0 Å². The normalized spacial score (nSPS) is 11.0. The van der Waals surface area contributed by atoms with Gasteiger partial charge in [-0.1, -0.05) is 23.7 Å². The van der Waals surface area contributed by atoms with Gasteiger partial charge in [0.15, 0.2) is 11.5 Å². The Kier molecular flexibility index (Phi) is 4.45. The molecule has 0 amide bonds. The Morgan fingerprint density at radius 2 is 1.87 bits per heavy atom. The van der Waals surface area contributed by atoms with Crippen LogP contribution < -0.4 is 5.43 Å². The highest BCUT2D eigenvalue weighted by molar-refractivity contribution is 7.14. The van der Waals surface area contributed by atoms with Crippen molar-refractivity contribution < 1.29 is 10.2 Å². The maximum Gasteiger partial charge on any atom is 0.203 e. The summed E-state index contributed by atoms with van der Waals surface area (Å²) in [6, 6.07) is 11.9. The molecule has 116 valence electrons. The summed E-state index contributed by atoms with van der Waals surface area (Å²) in [5.74, 6) is -0.351. The third-order valence-corrected chi connectivity index (χ3v) is 4.02. The van der Waals surface area contributed by atoms with Crippen molar-refractivity contribution >= 4 is 34.3 Å². The summed E-state index contributed by atoms with van der Waals surface area (Å²) in [6.45, 7) is 0. The van der Waals surface area contributed by atoms with Crippen LogP contribution in [0.1, 0.15) is 5.56 Å². The summed E-state index contributed by atoms with van der Waals surface area (Å²) in [4.78, 5) is 4.43. The molecule has 0 atom stereocenters. The van der Waals surface area contributed by atoms with Crippen molar-refractivity contribution in [1.29, 1.82) is 0 Å². The predicted molar refractivity (Wildman–Crippen MR) is 93.5 cm³/mol. The molecule has 1 aromatic heterocycles. The third-order valence-electron chi connectivity index (χ3n) is 3.02. The number of hydrazone groups is 1. The molecule has 2 aromatic carbocycles. The molecule has 0 saturated heterocycles. The standard InChI is InChI=1S/C16H12ClN3O2S/c17-12-4-2-11(3-5-12)13-9-23-16(19-13)20-18-8-10-1-6-14(21)15(22)7-10/h1-9,21-22H,(H,19,20)/b18-8-. The molecule has 3 aromatic rings. The molecule has 0 bridgehead atoms. The van der Waals surface area contributed by atoms with Crippen molar-refractivity contribution in [3.63, 3.8) is 0 Å². The molecule has 0 fully saturated rings. The topological polar surface area (TPSA) is 77.7 Å². The van der Waals surface area contributed by atoms with Gasteiger partial charge in [-0.15, -0.1) is 11.3 Å². The number of aromatic nitrogens is 1. The summed E-state index contributed by atoms with van der Waals surface area (Å²) < 4.78 is 0. The fourth-order valence-corrected chi connectivity index (χ4v) is 2.66. The molecule has 5 nitrogen and oxygen atoms in total. The van der Waals surface area contributed by atoms with Gasteiger partial charge in [0, 0.05) is 16.0 Å². The van der Waals surface area contributed by atoms with Gasteiger partial charge in [0.25, 0.3) is 0 Å². The number of phenols is 2. The average Bonchev–Trinajstić information content (AvgIpc) is 3.00. The number of aromatic hydroxyl groups is 2. The molecule has 1 heterocycles. The molecule has 23 heavy (non-hydrogen) atoms. The molecular formula is C16H12ClN3O2S. The monoisotopic (exact) mass is 345 g/mol. The minimum absolute atomic E-state index is 0.164. The van der Waals surface area contributed by atoms with Gasteiger partial charge in [0.2, 0.25) is 5.13 Å². The molecule has 7 heteroatoms. The van der Waals surface area contributed by atoms with Crippen LogP contribution in [0.15, 0.2) is 52.9 Å². The summed E-state index contributed by atoms with van der Waals surface area (Å²) >= 11 is 7.30. The van der Waals surface area contributed by atoms with Crippen molar-refractivity contribution in [2.75, 3.05) is 5.43 Å². The zero-order chi connectivity index (χ0) is 16.2. The van der Waals surface area contributed by atoms with E-state index in [1.165, 1.54) is 29.7 Å². The fraction of sp³-hybridized carbons (Fsp3) is 0. The first-order chi connectivity index (χ1) is 11.1. The van der Waals surface area contributed by atoms with Crippen LogP contribution in [0, 0.1) is 0 Å². The zero-order valence-electron chi connectivity index (χ0n) is 11.8. The van der Waals surface area contributed by atoms with Crippen LogP contribution in [0.2, 0.25) is 5.02 Å². The zero-order valence-corrected chi connectivity index (χ0v) is 13.3. The fourth-order valence-electron chi connectivity index (χ4n) is 1.86. The maximum atomic E-state index is 9.41. The van der Waals surface area contributed by atoms with Gasteiger partial charge in [-0.25, -0.2) is 4.98 Å². The van der Waals surface area contributed by atoms with Gasteiger partial charge < -0.3 is 10.2 Å². The number of halogens is 1. The van der Waals surface area contributed by atoms with Crippen LogP contribution in [0.3, 0.4) is 0 Å². The van der Waals surface area contributed by atoms with E-state index in [0.29, 0.717) is 15.7 Å². The van der Waals surface area contributed by atoms with E-state index in [1.807, 2.05) is 29.6 Å². The van der Waals surface area contributed by atoms with Crippen LogP contribution in [0.5, 0.6) is 11.5 Å². The Hall–Kier alpha value is -2.57. The third kappa shape index (κ3) is 3.80. The number of anilines is 1. The first-order valence-electron chi connectivity index (χ1n) is 6.64. The lowest BCUT2D eigenvalue weighted by atomic mass is 10.2. The molecule has 0 aliphatic carbocycles. The number of rotatable bonds is 4. The highest BCUT2D eigenvalue weighted by Crippen LogP contribution is 2.26. The van der Waals surface area contributed by atoms with Crippen LogP contribution in [-0.4, -0.2) is 21.4 Å². The molecule has 0 aliphatic rings. The minimum atomic E-state index is -0.187. The first-order valence-corrected chi connectivity index (χ1v) is 7.90. The van der Waals surface area contributed by atoms with Crippen molar-refractivity contribution in [3.05, 3.63) is 58.4 Å². The van der Waals surface area contributed by atoms with E-state index >= 15 is 0 Å². The maximum absolute atomic E-state index is 9.41. The second-order valence-corrected chi connectivity index (χ2v) is 5.96. The first kappa shape index (κ1) is 15.3. The van der Waals surface area contributed by atoms with Gasteiger partial charge in [-0.3, -0.25) is 5.43 Å². The predicted octanol–water partition coefficient (Wildman–Crippen LogP) is 4.32. The average molecular weight is 346 g/mol. The van der Waals surface area contributed by atoms with E-state index in [-0.39, 0.29) is 11.5 Å². The molecular weight excluding hydrogens is 334 g/mol. The summed E-state index contributed by atoms with van der Waals surface area (Å²) in [5.41, 5.74) is 5.31. The lowest BCUT2D eigenvalue weighted by molar-refractivity contribution is 0.403. The van der Waals surface area contributed by atoms with Gasteiger partial charge in [-0.05, 0) is 35.9 Å². The van der Waals surface area contributed by atoms with Crippen molar-refractivity contribution in [1.82, 2.24) is 4.98 Å². The Morgan fingerprint density at radius 3 is 2.61 bits per heavy atom. The highest BCUT2D eigenvalue weighted by Gasteiger charge is 2.04. The van der Waals surface area contributed by atoms with E-state index in [9.17, 15) is 10.2 Å². The van der Waals surface area contributed by atoms with E-state index in [0.717, 1.165) is 11.3 Å². The van der Waals surface area contributed by atoms with Crippen LogP contribution >= 0.6 is 22.9 Å². The van der Waals surface area contributed by atoms with Gasteiger partial charge in [0.05, 0.1) is 11.9 Å². The summed E-state index contributed by atoms with van der Waals surface area (Å²) in [5, 5.41) is 26.0. The van der Waals surface area contributed by atoms with E-state index < -0.39 is 0 Å². The van der Waals surface area contributed by atoms with Crippen LogP contribution in [-0.2, 0) is 0 Å². The lowest BCUT2D eigenvalue weighted by Crippen LogP contribution is -1.90. The Balaban J connectivity index is 1.68. The molecule has 0 aliphatic heterocycles. The minimum Gasteiger partial charge on any atom is -0.504 e.